The lowest BCUT2D eigenvalue weighted by atomic mass is 10.1. The summed E-state index contributed by atoms with van der Waals surface area (Å²) in [5, 5.41) is 12.3. The zero-order valence-electron chi connectivity index (χ0n) is 13.9. The number of anilines is 1. The van der Waals surface area contributed by atoms with Gasteiger partial charge in [0.05, 0.1) is 11.4 Å². The molecule has 25 heavy (non-hydrogen) atoms. The zero-order chi connectivity index (χ0) is 17.8. The standard InChI is InChI=1S/C18H17ClN4OS/c1-12-3-8-16(13(2)9-12)23-11-20-22-18(23)25-10-17(24)21-15-6-4-14(19)5-7-15/h3-9,11H,10H2,1-2H3,(H,21,24). The van der Waals surface area contributed by atoms with E-state index in [1.807, 2.05) is 23.6 Å². The molecule has 1 aromatic heterocycles. The number of thioether (sulfide) groups is 1. The quantitative estimate of drug-likeness (QED) is 0.679. The number of nitrogens with zero attached hydrogens (tertiary/aromatic N) is 3. The van der Waals surface area contributed by atoms with Gasteiger partial charge in [-0.2, -0.15) is 0 Å². The van der Waals surface area contributed by atoms with Crippen LogP contribution < -0.4 is 5.32 Å². The van der Waals surface area contributed by atoms with Gasteiger partial charge < -0.3 is 5.32 Å². The first-order valence-electron chi connectivity index (χ1n) is 7.69. The lowest BCUT2D eigenvalue weighted by Crippen LogP contribution is -2.14. The summed E-state index contributed by atoms with van der Waals surface area (Å²) in [7, 11) is 0. The number of nitrogens with one attached hydrogen (secondary N) is 1. The molecular weight excluding hydrogens is 356 g/mol. The van der Waals surface area contributed by atoms with E-state index in [2.05, 4.69) is 28.5 Å². The monoisotopic (exact) mass is 372 g/mol. The fraction of sp³-hybridized carbons (Fsp3) is 0.167. The Morgan fingerprint density at radius 1 is 1.20 bits per heavy atom. The summed E-state index contributed by atoms with van der Waals surface area (Å²) in [5.41, 5.74) is 4.06. The molecule has 1 N–H and O–H groups in total. The van der Waals surface area contributed by atoms with Gasteiger partial charge in [0.1, 0.15) is 6.33 Å². The molecule has 5 nitrogen and oxygen atoms in total. The normalized spacial score (nSPS) is 10.7. The number of carbonyl (C=O) groups excluding carboxylic acids is 1. The molecule has 0 aliphatic carbocycles. The van der Waals surface area contributed by atoms with Gasteiger partial charge in [0.2, 0.25) is 5.91 Å². The molecule has 1 heterocycles. The molecule has 0 aliphatic heterocycles. The second kappa shape index (κ2) is 7.72. The Bertz CT molecular complexity index is 892. The highest BCUT2D eigenvalue weighted by molar-refractivity contribution is 7.99. The highest BCUT2D eigenvalue weighted by Gasteiger charge is 2.12. The van der Waals surface area contributed by atoms with E-state index in [-0.39, 0.29) is 11.7 Å². The van der Waals surface area contributed by atoms with Crippen LogP contribution in [0.2, 0.25) is 5.02 Å². The molecular formula is C18H17ClN4OS. The summed E-state index contributed by atoms with van der Waals surface area (Å²) in [6.07, 6.45) is 1.66. The number of benzene rings is 2. The van der Waals surface area contributed by atoms with E-state index in [9.17, 15) is 4.79 Å². The third kappa shape index (κ3) is 4.41. The molecule has 2 aromatic carbocycles. The summed E-state index contributed by atoms with van der Waals surface area (Å²) >= 11 is 7.18. The Morgan fingerprint density at radius 2 is 1.96 bits per heavy atom. The Labute approximate surface area is 155 Å². The van der Waals surface area contributed by atoms with Crippen LogP contribution in [0.4, 0.5) is 5.69 Å². The number of carbonyl (C=O) groups is 1. The number of hydrogen-bond acceptors (Lipinski definition) is 4. The predicted molar refractivity (Wildman–Crippen MR) is 102 cm³/mol. The van der Waals surface area contributed by atoms with E-state index in [0.29, 0.717) is 15.9 Å². The smallest absolute Gasteiger partial charge is 0.234 e. The second-order valence-corrected chi connectivity index (χ2v) is 7.00. The molecule has 0 spiro atoms. The van der Waals surface area contributed by atoms with Crippen molar-refractivity contribution in [3.8, 4) is 5.69 Å². The van der Waals surface area contributed by atoms with Crippen LogP contribution in [0.25, 0.3) is 5.69 Å². The third-order valence-electron chi connectivity index (χ3n) is 3.59. The van der Waals surface area contributed by atoms with Crippen molar-refractivity contribution in [3.63, 3.8) is 0 Å². The molecule has 0 saturated heterocycles. The van der Waals surface area contributed by atoms with Gasteiger partial charge in [-0.05, 0) is 49.7 Å². The predicted octanol–water partition coefficient (Wildman–Crippen LogP) is 4.27. The molecule has 0 fully saturated rings. The van der Waals surface area contributed by atoms with Gasteiger partial charge in [0.15, 0.2) is 5.16 Å². The van der Waals surface area contributed by atoms with Crippen molar-refractivity contribution in [2.75, 3.05) is 11.1 Å². The maximum absolute atomic E-state index is 12.1. The molecule has 1 amide bonds. The van der Waals surface area contributed by atoms with Crippen molar-refractivity contribution in [2.24, 2.45) is 0 Å². The molecule has 3 aromatic rings. The lowest BCUT2D eigenvalue weighted by molar-refractivity contribution is -0.113. The summed E-state index contributed by atoms with van der Waals surface area (Å²) in [6, 6.07) is 13.2. The first-order chi connectivity index (χ1) is 12.0. The minimum Gasteiger partial charge on any atom is -0.325 e. The second-order valence-electron chi connectivity index (χ2n) is 5.62. The summed E-state index contributed by atoms with van der Waals surface area (Å²) in [6.45, 7) is 4.10. The van der Waals surface area contributed by atoms with Crippen LogP contribution in [0.15, 0.2) is 53.9 Å². The highest BCUT2D eigenvalue weighted by atomic mass is 35.5. The van der Waals surface area contributed by atoms with Gasteiger partial charge in [-0.15, -0.1) is 10.2 Å². The summed E-state index contributed by atoms with van der Waals surface area (Å²) in [4.78, 5) is 12.1. The van der Waals surface area contributed by atoms with Crippen LogP contribution in [0.3, 0.4) is 0 Å². The number of halogens is 1. The van der Waals surface area contributed by atoms with Gasteiger partial charge in [-0.3, -0.25) is 9.36 Å². The van der Waals surface area contributed by atoms with Gasteiger partial charge in [0.25, 0.3) is 0 Å². The zero-order valence-corrected chi connectivity index (χ0v) is 15.4. The molecule has 0 bridgehead atoms. The molecule has 128 valence electrons. The van der Waals surface area contributed by atoms with Gasteiger partial charge in [0, 0.05) is 10.7 Å². The topological polar surface area (TPSA) is 59.8 Å². The van der Waals surface area contributed by atoms with Crippen molar-refractivity contribution in [3.05, 3.63) is 64.9 Å². The minimum absolute atomic E-state index is 0.109. The van der Waals surface area contributed by atoms with Crippen LogP contribution in [-0.4, -0.2) is 26.4 Å². The van der Waals surface area contributed by atoms with E-state index >= 15 is 0 Å². The van der Waals surface area contributed by atoms with E-state index in [1.54, 1.807) is 30.6 Å². The molecule has 0 unspecified atom stereocenters. The largest absolute Gasteiger partial charge is 0.325 e. The van der Waals surface area contributed by atoms with Crippen molar-refractivity contribution in [2.45, 2.75) is 19.0 Å². The van der Waals surface area contributed by atoms with Crippen molar-refractivity contribution in [1.29, 1.82) is 0 Å². The van der Waals surface area contributed by atoms with Crippen LogP contribution in [0.1, 0.15) is 11.1 Å². The van der Waals surface area contributed by atoms with Crippen LogP contribution in [0, 0.1) is 13.8 Å². The SMILES string of the molecule is Cc1ccc(-n2cnnc2SCC(=O)Nc2ccc(Cl)cc2)c(C)c1. The average Bonchev–Trinajstić information content (AvgIpc) is 3.03. The maximum Gasteiger partial charge on any atom is 0.234 e. The van der Waals surface area contributed by atoms with E-state index in [4.69, 9.17) is 11.6 Å². The fourth-order valence-electron chi connectivity index (χ4n) is 2.42. The van der Waals surface area contributed by atoms with Crippen molar-refractivity contribution >= 4 is 35.0 Å². The first-order valence-corrected chi connectivity index (χ1v) is 9.05. The Morgan fingerprint density at radius 3 is 2.68 bits per heavy atom. The number of aryl methyl sites for hydroxylation is 2. The molecule has 0 saturated carbocycles. The lowest BCUT2D eigenvalue weighted by Gasteiger charge is -2.10. The Hall–Kier alpha value is -2.31. The maximum atomic E-state index is 12.1. The summed E-state index contributed by atoms with van der Waals surface area (Å²) < 4.78 is 1.90. The molecule has 3 rings (SSSR count). The van der Waals surface area contributed by atoms with E-state index < -0.39 is 0 Å². The van der Waals surface area contributed by atoms with Gasteiger partial charge in [-0.25, -0.2) is 0 Å². The Kier molecular flexibility index (Phi) is 5.40. The molecule has 0 atom stereocenters. The van der Waals surface area contributed by atoms with E-state index in [0.717, 1.165) is 11.3 Å². The van der Waals surface area contributed by atoms with Crippen molar-refractivity contribution < 1.29 is 4.79 Å². The van der Waals surface area contributed by atoms with Crippen LogP contribution in [-0.2, 0) is 4.79 Å². The van der Waals surface area contributed by atoms with Crippen LogP contribution in [0.5, 0.6) is 0 Å². The number of hydrogen-bond donors (Lipinski definition) is 1. The van der Waals surface area contributed by atoms with E-state index in [1.165, 1.54) is 17.3 Å². The first kappa shape index (κ1) is 17.5. The number of aromatic nitrogens is 3. The number of amides is 1. The van der Waals surface area contributed by atoms with Gasteiger partial charge in [-0.1, -0.05) is 41.1 Å². The van der Waals surface area contributed by atoms with Crippen LogP contribution >= 0.6 is 23.4 Å². The molecule has 0 radical (unpaired) electrons. The van der Waals surface area contributed by atoms with Crippen molar-refractivity contribution in [1.82, 2.24) is 14.8 Å². The molecule has 0 aliphatic rings. The number of rotatable bonds is 5. The highest BCUT2D eigenvalue weighted by Crippen LogP contribution is 2.23. The fourth-order valence-corrected chi connectivity index (χ4v) is 3.27. The van der Waals surface area contributed by atoms with Gasteiger partial charge >= 0.3 is 0 Å². The minimum atomic E-state index is -0.109. The molecule has 7 heteroatoms. The summed E-state index contributed by atoms with van der Waals surface area (Å²) in [5.74, 6) is 0.133. The average molecular weight is 373 g/mol. The Balaban J connectivity index is 1.67. The third-order valence-corrected chi connectivity index (χ3v) is 4.78.